The first-order chi connectivity index (χ1) is 20.3. The highest BCUT2D eigenvalue weighted by atomic mass is 32.2. The average Bonchev–Trinajstić information content (AvgIpc) is 3.76. The van der Waals surface area contributed by atoms with Crippen LogP contribution in [0.1, 0.15) is 40.7 Å². The van der Waals surface area contributed by atoms with Crippen molar-refractivity contribution in [1.29, 1.82) is 0 Å². The van der Waals surface area contributed by atoms with Gasteiger partial charge in [-0.2, -0.15) is 18.2 Å². The number of sulfonamides is 1. The molecule has 0 radical (unpaired) electrons. The number of carbonyl (C=O) groups excluding carboxylic acids is 1. The van der Waals surface area contributed by atoms with Crippen LogP contribution in [0.25, 0.3) is 11.3 Å². The third-order valence-corrected chi connectivity index (χ3v) is 10.00. The van der Waals surface area contributed by atoms with Crippen molar-refractivity contribution in [2.24, 2.45) is 5.41 Å². The number of rotatable bonds is 4. The van der Waals surface area contributed by atoms with Crippen LogP contribution in [0.2, 0.25) is 0 Å². The molecule has 9 nitrogen and oxygen atoms in total. The molecule has 1 atom stereocenters. The molecule has 4 bridgehead atoms. The number of carbonyl (C=O) groups is 1. The largest absolute Gasteiger partial charge is 0.475 e. The van der Waals surface area contributed by atoms with Gasteiger partial charge in [-0.1, -0.05) is 24.3 Å². The van der Waals surface area contributed by atoms with Crippen LogP contribution in [0.15, 0.2) is 53.4 Å². The van der Waals surface area contributed by atoms with Gasteiger partial charge in [-0.05, 0) is 69.0 Å². The maximum Gasteiger partial charge on any atom is 0.394 e. The smallest absolute Gasteiger partial charge is 0.394 e. The number of amides is 1. The minimum atomic E-state index is -4.23. The maximum absolute atomic E-state index is 13.7. The number of fused-ring (bicyclic) bond motifs is 5. The SMILES string of the molecule is Cc1cccc(C)c1-c1cc2nc(n1)NS(=O)(=O)c1cccc(c1)C(=O)N1CCN(CCC3(C(F)(F)F)CC3)CC1CO2. The second-order valence-electron chi connectivity index (χ2n) is 11.6. The number of aryl methyl sites for hydroxylation is 2. The van der Waals surface area contributed by atoms with Crippen LogP contribution in [-0.4, -0.2) is 79.1 Å². The number of benzene rings is 2. The molecule has 1 unspecified atom stereocenters. The Labute approximate surface area is 248 Å². The number of hydrogen-bond acceptors (Lipinski definition) is 7. The highest BCUT2D eigenvalue weighted by Gasteiger charge is 2.62. The molecule has 3 heterocycles. The van der Waals surface area contributed by atoms with Gasteiger partial charge >= 0.3 is 6.18 Å². The minimum absolute atomic E-state index is 0.00173. The van der Waals surface area contributed by atoms with Crippen molar-refractivity contribution < 1.29 is 31.1 Å². The van der Waals surface area contributed by atoms with Crippen molar-refractivity contribution in [3.05, 3.63) is 65.2 Å². The zero-order valence-electron chi connectivity index (χ0n) is 23.8. The van der Waals surface area contributed by atoms with Gasteiger partial charge in [0, 0.05) is 36.8 Å². The highest BCUT2D eigenvalue weighted by molar-refractivity contribution is 7.92. The van der Waals surface area contributed by atoms with Gasteiger partial charge in [-0.25, -0.2) is 18.1 Å². The van der Waals surface area contributed by atoms with E-state index in [0.717, 1.165) is 16.7 Å². The van der Waals surface area contributed by atoms with E-state index < -0.39 is 27.7 Å². The van der Waals surface area contributed by atoms with Crippen LogP contribution in [0, 0.1) is 19.3 Å². The molecular weight excluding hydrogens is 583 g/mol. The fourth-order valence-electron chi connectivity index (χ4n) is 5.94. The van der Waals surface area contributed by atoms with E-state index in [1.165, 1.54) is 18.2 Å². The number of aromatic nitrogens is 2. The van der Waals surface area contributed by atoms with Crippen molar-refractivity contribution >= 4 is 21.9 Å². The molecule has 1 saturated carbocycles. The summed E-state index contributed by atoms with van der Waals surface area (Å²) in [5.74, 6) is -0.461. The lowest BCUT2D eigenvalue weighted by molar-refractivity contribution is -0.190. The molecule has 3 aromatic rings. The van der Waals surface area contributed by atoms with Crippen molar-refractivity contribution in [3.63, 3.8) is 0 Å². The zero-order valence-corrected chi connectivity index (χ0v) is 24.6. The molecule has 6 rings (SSSR count). The Morgan fingerprint density at radius 2 is 1.77 bits per heavy atom. The molecule has 1 aromatic heterocycles. The maximum atomic E-state index is 13.7. The topological polar surface area (TPSA) is 105 Å². The molecule has 1 saturated heterocycles. The highest BCUT2D eigenvalue weighted by Crippen LogP contribution is 2.60. The molecule has 2 aromatic carbocycles. The zero-order chi connectivity index (χ0) is 30.6. The molecule has 2 fully saturated rings. The Kier molecular flexibility index (Phi) is 7.36. The Morgan fingerprint density at radius 1 is 1.05 bits per heavy atom. The van der Waals surface area contributed by atoms with Crippen LogP contribution < -0.4 is 9.46 Å². The molecule has 43 heavy (non-hydrogen) atoms. The predicted molar refractivity (Wildman–Crippen MR) is 153 cm³/mol. The van der Waals surface area contributed by atoms with Gasteiger partial charge in [0.1, 0.15) is 6.61 Å². The molecule has 1 aliphatic carbocycles. The van der Waals surface area contributed by atoms with Gasteiger partial charge in [-0.3, -0.25) is 9.69 Å². The Hall–Kier alpha value is -3.71. The van der Waals surface area contributed by atoms with Crippen molar-refractivity contribution in [2.45, 2.75) is 50.2 Å². The molecule has 0 spiro atoms. The molecule has 2 aliphatic heterocycles. The third kappa shape index (κ3) is 5.79. The molecule has 228 valence electrons. The van der Waals surface area contributed by atoms with Crippen LogP contribution >= 0.6 is 0 Å². The van der Waals surface area contributed by atoms with Crippen molar-refractivity contribution in [3.8, 4) is 17.1 Å². The molecule has 3 aliphatic rings. The van der Waals surface area contributed by atoms with Gasteiger partial charge in [0.15, 0.2) is 0 Å². The van der Waals surface area contributed by atoms with Crippen molar-refractivity contribution in [2.75, 3.05) is 37.5 Å². The number of anilines is 1. The first-order valence-electron chi connectivity index (χ1n) is 14.2. The van der Waals surface area contributed by atoms with Crippen molar-refractivity contribution in [1.82, 2.24) is 19.8 Å². The summed E-state index contributed by atoms with van der Waals surface area (Å²) in [4.78, 5) is 25.9. The summed E-state index contributed by atoms with van der Waals surface area (Å²) in [7, 11) is -4.17. The van der Waals surface area contributed by atoms with Gasteiger partial charge in [0.25, 0.3) is 15.9 Å². The second kappa shape index (κ2) is 10.8. The lowest BCUT2D eigenvalue weighted by Gasteiger charge is -2.41. The molecule has 1 amide bonds. The van der Waals surface area contributed by atoms with E-state index in [2.05, 4.69) is 14.7 Å². The standard InChI is InChI=1S/C30H32F3N5O4S/c1-19-5-3-6-20(2)26(19)24-16-25-35-28(34-24)36-43(40,41)23-8-4-7-21(15-23)27(39)38-14-13-37(17-22(38)18-42-25)12-11-29(9-10-29)30(31,32)33/h3-8,15-16,22H,9-14,17-18H2,1-2H3,(H,34,35,36). The first kappa shape index (κ1) is 29.4. The summed E-state index contributed by atoms with van der Waals surface area (Å²) in [5.41, 5.74) is 1.69. The number of piperazine rings is 1. The van der Waals surface area contributed by atoms with E-state index in [4.69, 9.17) is 4.74 Å². The number of nitrogens with one attached hydrogen (secondary N) is 1. The monoisotopic (exact) mass is 615 g/mol. The quantitative estimate of drug-likeness (QED) is 0.449. The third-order valence-electron chi connectivity index (χ3n) is 8.67. The van der Waals surface area contributed by atoms with Gasteiger partial charge < -0.3 is 9.64 Å². The van der Waals surface area contributed by atoms with Crippen LogP contribution in [0.3, 0.4) is 0 Å². The van der Waals surface area contributed by atoms with Gasteiger partial charge in [0.05, 0.1) is 22.0 Å². The molecular formula is C30H32F3N5O4S. The van der Waals surface area contributed by atoms with E-state index in [1.54, 1.807) is 17.0 Å². The number of nitrogens with zero attached hydrogens (tertiary/aromatic N) is 4. The summed E-state index contributed by atoms with van der Waals surface area (Å²) in [6.07, 6.45) is -3.92. The molecule has 1 N–H and O–H groups in total. The van der Waals surface area contributed by atoms with E-state index in [0.29, 0.717) is 18.8 Å². The fraction of sp³-hybridized carbons (Fsp3) is 0.433. The summed E-state index contributed by atoms with van der Waals surface area (Å²) in [6, 6.07) is 12.6. The average molecular weight is 616 g/mol. The predicted octanol–water partition coefficient (Wildman–Crippen LogP) is 4.81. The summed E-state index contributed by atoms with van der Waals surface area (Å²) in [5, 5.41) is 0. The fourth-order valence-corrected chi connectivity index (χ4v) is 6.93. The Balaban J connectivity index is 1.36. The number of halogens is 3. The second-order valence-corrected chi connectivity index (χ2v) is 13.3. The summed E-state index contributed by atoms with van der Waals surface area (Å²) < 4.78 is 76.0. The van der Waals surface area contributed by atoms with Gasteiger partial charge in [-0.15, -0.1) is 0 Å². The number of ether oxygens (including phenoxy) is 1. The van der Waals surface area contributed by atoms with E-state index in [9.17, 15) is 26.4 Å². The molecule has 13 heteroatoms. The van der Waals surface area contributed by atoms with E-state index in [1.807, 2.05) is 36.9 Å². The summed E-state index contributed by atoms with van der Waals surface area (Å²) in [6.45, 7) is 5.05. The summed E-state index contributed by atoms with van der Waals surface area (Å²) >= 11 is 0. The normalized spacial score (nSPS) is 21.4. The minimum Gasteiger partial charge on any atom is -0.475 e. The Bertz CT molecular complexity index is 1660. The van der Waals surface area contributed by atoms with E-state index >= 15 is 0 Å². The van der Waals surface area contributed by atoms with Gasteiger partial charge in [0.2, 0.25) is 11.8 Å². The lowest BCUT2D eigenvalue weighted by Crippen LogP contribution is -2.57. The number of alkyl halides is 3. The first-order valence-corrected chi connectivity index (χ1v) is 15.6. The van der Waals surface area contributed by atoms with Crippen LogP contribution in [-0.2, 0) is 10.0 Å². The lowest BCUT2D eigenvalue weighted by atomic mass is 10.00. The number of hydrogen-bond donors (Lipinski definition) is 1. The van der Waals surface area contributed by atoms with Crippen LogP contribution in [0.4, 0.5) is 19.1 Å². The Morgan fingerprint density at radius 3 is 2.47 bits per heavy atom. The van der Waals surface area contributed by atoms with Crippen LogP contribution in [0.5, 0.6) is 5.88 Å². The van der Waals surface area contributed by atoms with E-state index in [-0.39, 0.29) is 67.2 Å².